The summed E-state index contributed by atoms with van der Waals surface area (Å²) in [5, 5.41) is 26.1. The second-order valence-electron chi connectivity index (χ2n) is 8.29. The summed E-state index contributed by atoms with van der Waals surface area (Å²) in [7, 11) is 0. The summed E-state index contributed by atoms with van der Waals surface area (Å²) < 4.78 is 5.95. The van der Waals surface area contributed by atoms with Crippen LogP contribution in [0, 0.1) is 0 Å². The molecule has 0 spiro atoms. The normalized spacial score (nSPS) is 25.6. The number of halogens is 1. The van der Waals surface area contributed by atoms with Gasteiger partial charge in [-0.05, 0) is 70.7 Å². The highest BCUT2D eigenvalue weighted by molar-refractivity contribution is 6.29. The van der Waals surface area contributed by atoms with Crippen molar-refractivity contribution in [3.8, 4) is 17.1 Å². The SMILES string of the molecule is CC1(O)CCC(Nc2cc(Cl)ncc2-c2ccc(OC3CCNCC3)nn2)CC1. The first-order valence-electron chi connectivity index (χ1n) is 10.3. The van der Waals surface area contributed by atoms with Gasteiger partial charge in [0.2, 0.25) is 5.88 Å². The van der Waals surface area contributed by atoms with Crippen LogP contribution in [0.5, 0.6) is 5.88 Å². The highest BCUT2D eigenvalue weighted by Gasteiger charge is 2.29. The Bertz CT molecular complexity index is 814. The van der Waals surface area contributed by atoms with Gasteiger partial charge in [-0.3, -0.25) is 0 Å². The monoisotopic (exact) mass is 417 g/mol. The van der Waals surface area contributed by atoms with Crippen molar-refractivity contribution in [1.82, 2.24) is 20.5 Å². The summed E-state index contributed by atoms with van der Waals surface area (Å²) in [5.74, 6) is 0.548. The van der Waals surface area contributed by atoms with Crippen molar-refractivity contribution in [2.45, 2.75) is 63.2 Å². The van der Waals surface area contributed by atoms with E-state index in [-0.39, 0.29) is 12.1 Å². The number of hydrogen-bond donors (Lipinski definition) is 3. The number of ether oxygens (including phenoxy) is 1. The van der Waals surface area contributed by atoms with E-state index >= 15 is 0 Å². The predicted octanol–water partition coefficient (Wildman–Crippen LogP) is 3.43. The highest BCUT2D eigenvalue weighted by atomic mass is 35.5. The first-order chi connectivity index (χ1) is 14.0. The highest BCUT2D eigenvalue weighted by Crippen LogP contribution is 2.33. The van der Waals surface area contributed by atoms with Gasteiger partial charge in [-0.1, -0.05) is 11.6 Å². The minimum atomic E-state index is -0.563. The molecule has 0 unspecified atom stereocenters. The van der Waals surface area contributed by atoms with E-state index in [1.165, 1.54) is 0 Å². The number of rotatable bonds is 5. The van der Waals surface area contributed by atoms with E-state index in [9.17, 15) is 5.11 Å². The number of aromatic nitrogens is 3. The molecule has 0 aromatic carbocycles. The van der Waals surface area contributed by atoms with Crippen LogP contribution in [0.15, 0.2) is 24.4 Å². The Hall–Kier alpha value is -1.96. The molecule has 0 bridgehead atoms. The van der Waals surface area contributed by atoms with E-state index < -0.39 is 5.60 Å². The van der Waals surface area contributed by atoms with Crippen LogP contribution in [-0.4, -0.2) is 51.1 Å². The van der Waals surface area contributed by atoms with Gasteiger partial charge in [-0.2, -0.15) is 0 Å². The topological polar surface area (TPSA) is 92.2 Å². The van der Waals surface area contributed by atoms with Crippen LogP contribution in [-0.2, 0) is 0 Å². The predicted molar refractivity (Wildman–Crippen MR) is 113 cm³/mol. The van der Waals surface area contributed by atoms with Crippen LogP contribution < -0.4 is 15.4 Å². The van der Waals surface area contributed by atoms with Crippen molar-refractivity contribution >= 4 is 17.3 Å². The molecule has 2 aliphatic rings. The molecule has 1 saturated carbocycles. The van der Waals surface area contributed by atoms with Gasteiger partial charge in [0.15, 0.2) is 0 Å². The summed E-state index contributed by atoms with van der Waals surface area (Å²) in [5.41, 5.74) is 1.90. The van der Waals surface area contributed by atoms with Crippen LogP contribution in [0.4, 0.5) is 5.69 Å². The average Bonchev–Trinajstić information content (AvgIpc) is 2.71. The lowest BCUT2D eigenvalue weighted by Gasteiger charge is -2.34. The zero-order chi connectivity index (χ0) is 20.3. The second kappa shape index (κ2) is 8.81. The molecule has 3 heterocycles. The van der Waals surface area contributed by atoms with Gasteiger partial charge >= 0.3 is 0 Å². The summed E-state index contributed by atoms with van der Waals surface area (Å²) in [6, 6.07) is 5.87. The van der Waals surface area contributed by atoms with Crippen LogP contribution in [0.1, 0.15) is 45.4 Å². The smallest absolute Gasteiger partial charge is 0.233 e. The Morgan fingerprint density at radius 3 is 2.62 bits per heavy atom. The summed E-state index contributed by atoms with van der Waals surface area (Å²) in [6.45, 7) is 3.84. The van der Waals surface area contributed by atoms with E-state index in [4.69, 9.17) is 16.3 Å². The van der Waals surface area contributed by atoms with Crippen molar-refractivity contribution < 1.29 is 9.84 Å². The number of hydrogen-bond acceptors (Lipinski definition) is 7. The molecule has 0 atom stereocenters. The molecule has 7 nitrogen and oxygen atoms in total. The molecule has 8 heteroatoms. The van der Waals surface area contributed by atoms with Crippen LogP contribution >= 0.6 is 11.6 Å². The van der Waals surface area contributed by atoms with E-state index in [0.29, 0.717) is 11.0 Å². The molecule has 1 aliphatic carbocycles. The van der Waals surface area contributed by atoms with Crippen molar-refractivity contribution in [1.29, 1.82) is 0 Å². The standard InChI is InChI=1S/C21H28ClN5O2/c1-21(28)8-4-14(5-9-21)25-18-12-19(22)24-13-16(18)17-2-3-20(27-26-17)29-15-6-10-23-11-7-15/h2-3,12-15,23,28H,4-11H2,1H3,(H,24,25). The molecule has 2 aromatic heterocycles. The lowest BCUT2D eigenvalue weighted by Crippen LogP contribution is -2.35. The minimum absolute atomic E-state index is 0.189. The second-order valence-corrected chi connectivity index (χ2v) is 8.68. The molecule has 0 radical (unpaired) electrons. The van der Waals surface area contributed by atoms with Gasteiger partial charge in [0.05, 0.1) is 11.3 Å². The maximum atomic E-state index is 10.2. The quantitative estimate of drug-likeness (QED) is 0.642. The first kappa shape index (κ1) is 20.3. The maximum absolute atomic E-state index is 10.2. The lowest BCUT2D eigenvalue weighted by molar-refractivity contribution is 0.0196. The fraction of sp³-hybridized carbons (Fsp3) is 0.571. The summed E-state index contributed by atoms with van der Waals surface area (Å²) >= 11 is 6.15. The molecule has 0 amide bonds. The Balaban J connectivity index is 1.47. The van der Waals surface area contributed by atoms with E-state index in [1.54, 1.807) is 6.20 Å². The molecule has 2 fully saturated rings. The number of piperidine rings is 1. The van der Waals surface area contributed by atoms with Crippen LogP contribution in [0.2, 0.25) is 5.15 Å². The van der Waals surface area contributed by atoms with E-state index in [0.717, 1.165) is 68.6 Å². The van der Waals surface area contributed by atoms with Crippen molar-refractivity contribution in [3.63, 3.8) is 0 Å². The molecule has 2 aromatic rings. The van der Waals surface area contributed by atoms with Crippen molar-refractivity contribution in [3.05, 3.63) is 29.5 Å². The Morgan fingerprint density at radius 1 is 1.17 bits per heavy atom. The van der Waals surface area contributed by atoms with Gasteiger partial charge in [0, 0.05) is 29.6 Å². The molecule has 156 valence electrons. The zero-order valence-electron chi connectivity index (χ0n) is 16.7. The third-order valence-electron chi connectivity index (χ3n) is 5.78. The van der Waals surface area contributed by atoms with Crippen LogP contribution in [0.3, 0.4) is 0 Å². The number of pyridine rings is 1. The number of aliphatic hydroxyl groups is 1. The molecule has 4 rings (SSSR count). The average molecular weight is 418 g/mol. The van der Waals surface area contributed by atoms with Crippen LogP contribution in [0.25, 0.3) is 11.3 Å². The fourth-order valence-corrected chi connectivity index (χ4v) is 4.13. The summed E-state index contributed by atoms with van der Waals surface area (Å²) in [4.78, 5) is 4.23. The third kappa shape index (κ3) is 5.35. The molecule has 29 heavy (non-hydrogen) atoms. The summed E-state index contributed by atoms with van der Waals surface area (Å²) in [6.07, 6.45) is 7.24. The zero-order valence-corrected chi connectivity index (χ0v) is 17.5. The fourth-order valence-electron chi connectivity index (χ4n) is 3.97. The van der Waals surface area contributed by atoms with E-state index in [2.05, 4.69) is 25.8 Å². The molecule has 3 N–H and O–H groups in total. The minimum Gasteiger partial charge on any atom is -0.473 e. The van der Waals surface area contributed by atoms with Gasteiger partial charge < -0.3 is 20.5 Å². The molecule has 1 saturated heterocycles. The number of nitrogens with zero attached hydrogens (tertiary/aromatic N) is 3. The van der Waals surface area contributed by atoms with E-state index in [1.807, 2.05) is 25.1 Å². The molecule has 1 aliphatic heterocycles. The van der Waals surface area contributed by atoms with Gasteiger partial charge in [-0.15, -0.1) is 10.2 Å². The van der Waals surface area contributed by atoms with Crippen molar-refractivity contribution in [2.24, 2.45) is 0 Å². The Labute approximate surface area is 176 Å². The maximum Gasteiger partial charge on any atom is 0.233 e. The first-order valence-corrected chi connectivity index (χ1v) is 10.7. The largest absolute Gasteiger partial charge is 0.473 e. The van der Waals surface area contributed by atoms with Gasteiger partial charge in [0.1, 0.15) is 11.3 Å². The Kier molecular flexibility index (Phi) is 6.18. The molecular weight excluding hydrogens is 390 g/mol. The number of nitrogens with one attached hydrogen (secondary N) is 2. The van der Waals surface area contributed by atoms with Gasteiger partial charge in [-0.25, -0.2) is 4.98 Å². The molecular formula is C21H28ClN5O2. The van der Waals surface area contributed by atoms with Gasteiger partial charge in [0.25, 0.3) is 0 Å². The Morgan fingerprint density at radius 2 is 1.93 bits per heavy atom. The lowest BCUT2D eigenvalue weighted by atomic mass is 9.83. The number of anilines is 1. The van der Waals surface area contributed by atoms with Crippen molar-refractivity contribution in [2.75, 3.05) is 18.4 Å². The third-order valence-corrected chi connectivity index (χ3v) is 5.99.